The molecule has 0 saturated carbocycles. The van der Waals surface area contributed by atoms with E-state index in [2.05, 4.69) is 58.5 Å². The number of hydrogen-bond donors (Lipinski definition) is 1. The van der Waals surface area contributed by atoms with Crippen LogP contribution in [0, 0.1) is 0 Å². The van der Waals surface area contributed by atoms with Crippen LogP contribution >= 0.6 is 0 Å². The molecule has 2 aromatic rings. The summed E-state index contributed by atoms with van der Waals surface area (Å²) in [6.45, 7) is 4.18. The molecule has 1 N–H and O–H groups in total. The lowest BCUT2D eigenvalue weighted by Crippen LogP contribution is -2.24. The highest BCUT2D eigenvalue weighted by atomic mass is 15.1. The van der Waals surface area contributed by atoms with Crippen LogP contribution in [0.4, 0.5) is 11.5 Å². The maximum Gasteiger partial charge on any atom is 0.130 e. The van der Waals surface area contributed by atoms with Crippen molar-refractivity contribution in [3.05, 3.63) is 54.2 Å². The van der Waals surface area contributed by atoms with E-state index >= 15 is 0 Å². The fraction of sp³-hybridized carbons (Fsp3) is 0.353. The minimum absolute atomic E-state index is 0.883. The number of unbranched alkanes of at least 4 members (excludes halogenated alkanes) is 1. The van der Waals surface area contributed by atoms with Crippen molar-refractivity contribution in [1.82, 2.24) is 4.98 Å². The Morgan fingerprint density at radius 1 is 1.10 bits per heavy atom. The summed E-state index contributed by atoms with van der Waals surface area (Å²) in [7, 11) is 1.92. The molecule has 106 valence electrons. The Morgan fingerprint density at radius 3 is 2.60 bits per heavy atom. The van der Waals surface area contributed by atoms with Crippen molar-refractivity contribution in [3.8, 4) is 0 Å². The molecule has 1 aromatic heterocycles. The Kier molecular flexibility index (Phi) is 5.42. The quantitative estimate of drug-likeness (QED) is 0.825. The number of rotatable bonds is 7. The van der Waals surface area contributed by atoms with E-state index < -0.39 is 0 Å². The third kappa shape index (κ3) is 3.73. The molecule has 0 atom stereocenters. The van der Waals surface area contributed by atoms with Crippen molar-refractivity contribution in [1.29, 1.82) is 0 Å². The van der Waals surface area contributed by atoms with Gasteiger partial charge in [-0.1, -0.05) is 37.6 Å². The second-order valence-corrected chi connectivity index (χ2v) is 4.87. The summed E-state index contributed by atoms with van der Waals surface area (Å²) in [5, 5.41) is 3.17. The minimum atomic E-state index is 0.883. The van der Waals surface area contributed by atoms with Gasteiger partial charge >= 0.3 is 0 Å². The average molecular weight is 269 g/mol. The first-order valence-corrected chi connectivity index (χ1v) is 7.26. The zero-order chi connectivity index (χ0) is 14.2. The molecule has 0 aliphatic rings. The van der Waals surface area contributed by atoms with Crippen molar-refractivity contribution in [2.24, 2.45) is 0 Å². The van der Waals surface area contributed by atoms with Crippen LogP contribution in [0.15, 0.2) is 48.7 Å². The molecule has 3 nitrogen and oxygen atoms in total. The van der Waals surface area contributed by atoms with Crippen LogP contribution in [0.25, 0.3) is 0 Å². The number of aromatic nitrogens is 1. The van der Waals surface area contributed by atoms with Gasteiger partial charge in [0.2, 0.25) is 0 Å². The highest BCUT2D eigenvalue weighted by molar-refractivity contribution is 5.50. The van der Waals surface area contributed by atoms with Gasteiger partial charge in [-0.15, -0.1) is 0 Å². The molecule has 0 saturated heterocycles. The monoisotopic (exact) mass is 269 g/mol. The molecular formula is C17H23N3. The van der Waals surface area contributed by atoms with Gasteiger partial charge in [-0.2, -0.15) is 0 Å². The molecular weight excluding hydrogens is 246 g/mol. The molecule has 0 aliphatic carbocycles. The van der Waals surface area contributed by atoms with E-state index in [4.69, 9.17) is 0 Å². The summed E-state index contributed by atoms with van der Waals surface area (Å²) in [6, 6.07) is 14.7. The van der Waals surface area contributed by atoms with E-state index in [1.165, 1.54) is 24.1 Å². The minimum Gasteiger partial charge on any atom is -0.373 e. The Balaban J connectivity index is 2.19. The third-order valence-corrected chi connectivity index (χ3v) is 3.39. The van der Waals surface area contributed by atoms with Crippen molar-refractivity contribution in [2.45, 2.75) is 26.3 Å². The van der Waals surface area contributed by atoms with Crippen molar-refractivity contribution in [2.75, 3.05) is 23.8 Å². The van der Waals surface area contributed by atoms with Crippen LogP contribution in [0.5, 0.6) is 0 Å². The fourth-order valence-corrected chi connectivity index (χ4v) is 2.28. The Labute approximate surface area is 121 Å². The van der Waals surface area contributed by atoms with Crippen LogP contribution in [-0.4, -0.2) is 18.6 Å². The van der Waals surface area contributed by atoms with Crippen LogP contribution < -0.4 is 10.2 Å². The van der Waals surface area contributed by atoms with E-state index in [1.54, 1.807) is 0 Å². The van der Waals surface area contributed by atoms with Gasteiger partial charge in [-0.3, -0.25) is 0 Å². The van der Waals surface area contributed by atoms with Gasteiger partial charge in [0.15, 0.2) is 0 Å². The topological polar surface area (TPSA) is 28.2 Å². The zero-order valence-corrected chi connectivity index (χ0v) is 12.3. The van der Waals surface area contributed by atoms with Gasteiger partial charge in [0.05, 0.1) is 0 Å². The van der Waals surface area contributed by atoms with Gasteiger partial charge in [-0.05, 0) is 24.6 Å². The first kappa shape index (κ1) is 14.4. The first-order valence-electron chi connectivity index (χ1n) is 7.26. The molecule has 20 heavy (non-hydrogen) atoms. The molecule has 1 aromatic carbocycles. The van der Waals surface area contributed by atoms with Gasteiger partial charge in [-0.25, -0.2) is 4.98 Å². The Hall–Kier alpha value is -2.03. The predicted octanol–water partition coefficient (Wildman–Crippen LogP) is 3.93. The molecule has 0 aliphatic heterocycles. The van der Waals surface area contributed by atoms with Gasteiger partial charge in [0.1, 0.15) is 5.82 Å². The van der Waals surface area contributed by atoms with Crippen molar-refractivity contribution in [3.63, 3.8) is 0 Å². The summed E-state index contributed by atoms with van der Waals surface area (Å²) >= 11 is 0. The van der Waals surface area contributed by atoms with Crippen molar-refractivity contribution < 1.29 is 0 Å². The second kappa shape index (κ2) is 7.53. The lowest BCUT2D eigenvalue weighted by atomic mass is 10.2. The van der Waals surface area contributed by atoms with Crippen LogP contribution in [0.1, 0.15) is 25.3 Å². The summed E-state index contributed by atoms with van der Waals surface area (Å²) < 4.78 is 0. The second-order valence-electron chi connectivity index (χ2n) is 4.87. The molecule has 0 bridgehead atoms. The highest BCUT2D eigenvalue weighted by Crippen LogP contribution is 2.20. The predicted molar refractivity (Wildman–Crippen MR) is 86.2 cm³/mol. The van der Waals surface area contributed by atoms with E-state index in [9.17, 15) is 0 Å². The first-order chi connectivity index (χ1) is 9.85. The molecule has 0 unspecified atom stereocenters. The lowest BCUT2D eigenvalue weighted by Gasteiger charge is -2.25. The zero-order valence-electron chi connectivity index (χ0n) is 12.3. The lowest BCUT2D eigenvalue weighted by molar-refractivity contribution is 0.715. The number of hydrogen-bond acceptors (Lipinski definition) is 3. The number of nitrogens with zero attached hydrogens (tertiary/aromatic N) is 2. The number of para-hydroxylation sites is 1. The Bertz CT molecular complexity index is 511. The smallest absolute Gasteiger partial charge is 0.130 e. The maximum absolute atomic E-state index is 4.39. The molecule has 2 rings (SSSR count). The number of benzene rings is 1. The standard InChI is InChI=1S/C17H23N3/c1-3-4-13-20(16-10-6-5-7-11-16)14-15-9-8-12-19-17(15)18-2/h5-12H,3-4,13-14H2,1-2H3,(H,18,19). The third-order valence-electron chi connectivity index (χ3n) is 3.39. The number of nitrogens with one attached hydrogen (secondary N) is 1. The van der Waals surface area contributed by atoms with Gasteiger partial charge in [0.25, 0.3) is 0 Å². The molecule has 0 spiro atoms. The maximum atomic E-state index is 4.39. The number of pyridine rings is 1. The van der Waals surface area contributed by atoms with Crippen molar-refractivity contribution >= 4 is 11.5 Å². The van der Waals surface area contributed by atoms with Crippen LogP contribution in [0.2, 0.25) is 0 Å². The van der Waals surface area contributed by atoms with E-state index in [-0.39, 0.29) is 0 Å². The Morgan fingerprint density at radius 2 is 1.90 bits per heavy atom. The van der Waals surface area contributed by atoms with Crippen LogP contribution in [-0.2, 0) is 6.54 Å². The SMILES string of the molecule is CCCCN(Cc1cccnc1NC)c1ccccc1. The number of anilines is 2. The average Bonchev–Trinajstić information content (AvgIpc) is 2.52. The summed E-state index contributed by atoms with van der Waals surface area (Å²) in [4.78, 5) is 6.80. The molecule has 0 radical (unpaired) electrons. The van der Waals surface area contributed by atoms with E-state index in [0.29, 0.717) is 0 Å². The van der Waals surface area contributed by atoms with Gasteiger partial charge in [0, 0.05) is 37.6 Å². The summed E-state index contributed by atoms with van der Waals surface area (Å²) in [5.74, 6) is 0.963. The molecule has 0 fully saturated rings. The van der Waals surface area contributed by atoms with Gasteiger partial charge < -0.3 is 10.2 Å². The van der Waals surface area contributed by atoms with E-state index in [0.717, 1.165) is 18.9 Å². The summed E-state index contributed by atoms with van der Waals surface area (Å²) in [5.41, 5.74) is 2.50. The fourth-order valence-electron chi connectivity index (χ4n) is 2.28. The van der Waals surface area contributed by atoms with E-state index in [1.807, 2.05) is 19.3 Å². The van der Waals surface area contributed by atoms with Crippen LogP contribution in [0.3, 0.4) is 0 Å². The highest BCUT2D eigenvalue weighted by Gasteiger charge is 2.09. The molecule has 3 heteroatoms. The molecule has 0 amide bonds. The largest absolute Gasteiger partial charge is 0.373 e. The molecule has 1 heterocycles. The normalized spacial score (nSPS) is 10.3. The summed E-state index contributed by atoms with van der Waals surface area (Å²) in [6.07, 6.45) is 4.23.